The van der Waals surface area contributed by atoms with E-state index in [1.165, 1.54) is 6.26 Å². The monoisotopic (exact) mass is 422 g/mol. The first-order valence-electron chi connectivity index (χ1n) is 9.37. The van der Waals surface area contributed by atoms with E-state index >= 15 is 0 Å². The first-order valence-corrected chi connectivity index (χ1v) is 9.75. The van der Waals surface area contributed by atoms with Crippen LogP contribution in [0.1, 0.15) is 21.8 Å². The van der Waals surface area contributed by atoms with Crippen molar-refractivity contribution in [1.29, 1.82) is 0 Å². The van der Waals surface area contributed by atoms with Crippen molar-refractivity contribution < 1.29 is 14.0 Å². The van der Waals surface area contributed by atoms with Gasteiger partial charge in [-0.2, -0.15) is 0 Å². The Morgan fingerprint density at radius 3 is 2.67 bits per heavy atom. The molecule has 0 bridgehead atoms. The maximum Gasteiger partial charge on any atom is 0.287 e. The number of carbonyl (C=O) groups excluding carboxylic acids is 2. The molecule has 2 amide bonds. The number of benzene rings is 1. The molecule has 0 saturated carbocycles. The highest BCUT2D eigenvalue weighted by Crippen LogP contribution is 2.12. The number of hydrogen-bond acceptors (Lipinski definition) is 4. The summed E-state index contributed by atoms with van der Waals surface area (Å²) in [6.45, 7) is 0.222. The largest absolute Gasteiger partial charge is 0.459 e. The van der Waals surface area contributed by atoms with Crippen LogP contribution in [0.25, 0.3) is 5.65 Å². The zero-order chi connectivity index (χ0) is 20.9. The molecule has 1 atom stereocenters. The van der Waals surface area contributed by atoms with Gasteiger partial charge in [0, 0.05) is 18.8 Å². The van der Waals surface area contributed by atoms with Crippen LogP contribution in [0.4, 0.5) is 0 Å². The summed E-state index contributed by atoms with van der Waals surface area (Å²) < 4.78 is 6.93. The van der Waals surface area contributed by atoms with Crippen LogP contribution in [0.5, 0.6) is 0 Å². The predicted octanol–water partition coefficient (Wildman–Crippen LogP) is 3.24. The van der Waals surface area contributed by atoms with Crippen molar-refractivity contribution in [2.24, 2.45) is 0 Å². The van der Waals surface area contributed by atoms with Gasteiger partial charge in [-0.05, 0) is 29.8 Å². The third-order valence-corrected chi connectivity index (χ3v) is 4.78. The van der Waals surface area contributed by atoms with Crippen molar-refractivity contribution >= 4 is 29.1 Å². The van der Waals surface area contributed by atoms with E-state index in [1.54, 1.807) is 41.1 Å². The molecule has 2 N–H and O–H groups in total. The summed E-state index contributed by atoms with van der Waals surface area (Å²) in [5, 5.41) is 6.20. The average molecular weight is 423 g/mol. The first-order chi connectivity index (χ1) is 14.6. The zero-order valence-corrected chi connectivity index (χ0v) is 16.7. The summed E-state index contributed by atoms with van der Waals surface area (Å²) in [4.78, 5) is 29.8. The molecule has 0 aliphatic carbocycles. The highest BCUT2D eigenvalue weighted by atomic mass is 35.5. The van der Waals surface area contributed by atoms with Gasteiger partial charge in [0.05, 0.1) is 23.5 Å². The average Bonchev–Trinajstić information content (AvgIpc) is 3.42. The van der Waals surface area contributed by atoms with Crippen LogP contribution in [-0.2, 0) is 17.8 Å². The summed E-state index contributed by atoms with van der Waals surface area (Å²) in [5.74, 6) is -0.606. The quantitative estimate of drug-likeness (QED) is 0.478. The Bertz CT molecular complexity index is 1160. The number of carbonyl (C=O) groups is 2. The Labute approximate surface area is 177 Å². The molecule has 7 nitrogen and oxygen atoms in total. The lowest BCUT2D eigenvalue weighted by Crippen LogP contribution is -2.47. The van der Waals surface area contributed by atoms with Crippen LogP contribution < -0.4 is 10.6 Å². The fourth-order valence-corrected chi connectivity index (χ4v) is 3.27. The number of nitrogens with one attached hydrogen (secondary N) is 2. The number of rotatable bonds is 7. The summed E-state index contributed by atoms with van der Waals surface area (Å²) in [6, 6.07) is 15.5. The van der Waals surface area contributed by atoms with Gasteiger partial charge in [0.25, 0.3) is 5.91 Å². The molecule has 0 aliphatic heterocycles. The lowest BCUT2D eigenvalue weighted by atomic mass is 10.0. The number of fused-ring (bicyclic) bond motifs is 1. The molecule has 0 aliphatic rings. The molecular weight excluding hydrogens is 404 g/mol. The minimum absolute atomic E-state index is 0.151. The third-order valence-electron chi connectivity index (χ3n) is 4.56. The number of hydrogen-bond donors (Lipinski definition) is 2. The third kappa shape index (κ3) is 4.69. The number of amides is 2. The number of halogens is 1. The van der Waals surface area contributed by atoms with E-state index in [0.717, 1.165) is 11.2 Å². The van der Waals surface area contributed by atoms with E-state index in [9.17, 15) is 9.59 Å². The normalized spacial score (nSPS) is 11.9. The van der Waals surface area contributed by atoms with Gasteiger partial charge in [-0.15, -0.1) is 0 Å². The standard InChI is InChI=1S/C22H19ClN4O3/c23-16-8-9-20-25-17(14-27(20)13-16)12-24-21(28)18(11-15-5-2-1-3-6-15)26-22(29)19-7-4-10-30-19/h1-10,13-14,18H,11-12H2,(H,24,28)(H,26,29). The smallest absolute Gasteiger partial charge is 0.287 e. The van der Waals surface area contributed by atoms with Crippen LogP contribution in [0.2, 0.25) is 5.02 Å². The van der Waals surface area contributed by atoms with E-state index in [-0.39, 0.29) is 18.2 Å². The van der Waals surface area contributed by atoms with Crippen LogP contribution in [-0.4, -0.2) is 27.2 Å². The Kier molecular flexibility index (Phi) is 5.81. The molecule has 1 unspecified atom stereocenters. The van der Waals surface area contributed by atoms with Crippen LogP contribution in [0, 0.1) is 0 Å². The molecule has 0 spiro atoms. The Morgan fingerprint density at radius 1 is 1.07 bits per heavy atom. The maximum atomic E-state index is 12.9. The predicted molar refractivity (Wildman–Crippen MR) is 112 cm³/mol. The van der Waals surface area contributed by atoms with Gasteiger partial charge in [-0.3, -0.25) is 9.59 Å². The molecule has 1 aromatic carbocycles. The second kappa shape index (κ2) is 8.84. The van der Waals surface area contributed by atoms with Crippen molar-refractivity contribution in [3.63, 3.8) is 0 Å². The molecule has 152 valence electrons. The number of nitrogens with zero attached hydrogens (tertiary/aromatic N) is 2. The second-order valence-electron chi connectivity index (χ2n) is 6.76. The van der Waals surface area contributed by atoms with Gasteiger partial charge in [-0.25, -0.2) is 4.98 Å². The Hall–Kier alpha value is -3.58. The molecule has 3 heterocycles. The minimum Gasteiger partial charge on any atom is -0.459 e. The topological polar surface area (TPSA) is 88.6 Å². The van der Waals surface area contributed by atoms with E-state index in [2.05, 4.69) is 15.6 Å². The minimum atomic E-state index is -0.767. The lowest BCUT2D eigenvalue weighted by Gasteiger charge is -2.18. The van der Waals surface area contributed by atoms with Crippen LogP contribution in [0.15, 0.2) is 77.7 Å². The van der Waals surface area contributed by atoms with Crippen LogP contribution in [0.3, 0.4) is 0 Å². The van der Waals surface area contributed by atoms with Crippen molar-refractivity contribution in [1.82, 2.24) is 20.0 Å². The SMILES string of the molecule is O=C(NC(Cc1ccccc1)C(=O)NCc1cn2cc(Cl)ccc2n1)c1ccco1. The fraction of sp³-hybridized carbons (Fsp3) is 0.136. The van der Waals surface area contributed by atoms with E-state index in [4.69, 9.17) is 16.0 Å². The van der Waals surface area contributed by atoms with Crippen molar-refractivity contribution in [3.05, 3.63) is 95.3 Å². The highest BCUT2D eigenvalue weighted by molar-refractivity contribution is 6.30. The van der Waals surface area contributed by atoms with Crippen molar-refractivity contribution in [2.45, 2.75) is 19.0 Å². The van der Waals surface area contributed by atoms with Crippen LogP contribution >= 0.6 is 11.6 Å². The molecule has 3 aromatic heterocycles. The zero-order valence-electron chi connectivity index (χ0n) is 15.9. The molecule has 0 saturated heterocycles. The molecule has 8 heteroatoms. The Balaban J connectivity index is 1.46. The van der Waals surface area contributed by atoms with E-state index in [1.807, 2.05) is 30.3 Å². The molecule has 0 fully saturated rings. The van der Waals surface area contributed by atoms with Gasteiger partial charge in [-0.1, -0.05) is 41.9 Å². The number of aromatic nitrogens is 2. The number of imidazole rings is 1. The van der Waals surface area contributed by atoms with Gasteiger partial charge < -0.3 is 19.5 Å². The van der Waals surface area contributed by atoms with Gasteiger partial charge in [0.15, 0.2) is 5.76 Å². The van der Waals surface area contributed by atoms with E-state index in [0.29, 0.717) is 17.1 Å². The highest BCUT2D eigenvalue weighted by Gasteiger charge is 2.23. The van der Waals surface area contributed by atoms with Crippen molar-refractivity contribution in [3.8, 4) is 0 Å². The van der Waals surface area contributed by atoms with E-state index < -0.39 is 11.9 Å². The number of pyridine rings is 1. The van der Waals surface area contributed by atoms with Gasteiger partial charge >= 0.3 is 0 Å². The fourth-order valence-electron chi connectivity index (χ4n) is 3.10. The molecule has 30 heavy (non-hydrogen) atoms. The summed E-state index contributed by atoms with van der Waals surface area (Å²) in [6.07, 6.45) is 5.31. The molecular formula is C22H19ClN4O3. The first kappa shape index (κ1) is 19.7. The molecule has 0 radical (unpaired) electrons. The van der Waals surface area contributed by atoms with Crippen molar-refractivity contribution in [2.75, 3.05) is 0 Å². The summed E-state index contributed by atoms with van der Waals surface area (Å²) in [7, 11) is 0. The molecule has 4 aromatic rings. The molecule has 4 rings (SSSR count). The Morgan fingerprint density at radius 2 is 1.90 bits per heavy atom. The lowest BCUT2D eigenvalue weighted by molar-refractivity contribution is -0.123. The maximum absolute atomic E-state index is 12.9. The van der Waals surface area contributed by atoms with Gasteiger partial charge in [0.1, 0.15) is 11.7 Å². The summed E-state index contributed by atoms with van der Waals surface area (Å²) >= 11 is 6.00. The number of furan rings is 1. The van der Waals surface area contributed by atoms with Gasteiger partial charge in [0.2, 0.25) is 5.91 Å². The summed E-state index contributed by atoms with van der Waals surface area (Å²) in [5.41, 5.74) is 2.34. The second-order valence-corrected chi connectivity index (χ2v) is 7.19.